The summed E-state index contributed by atoms with van der Waals surface area (Å²) in [6, 6.07) is -0.452. The molecule has 0 N–H and O–H groups in total. The Bertz CT molecular complexity index is 1120. The van der Waals surface area contributed by atoms with Crippen molar-refractivity contribution >= 4 is 21.7 Å². The van der Waals surface area contributed by atoms with Crippen LogP contribution in [0.2, 0.25) is 0 Å². The molecule has 2 aliphatic heterocycles. The lowest BCUT2D eigenvalue weighted by Gasteiger charge is -2.28. The molecule has 4 heterocycles. The van der Waals surface area contributed by atoms with Crippen LogP contribution in [0.25, 0.3) is 0 Å². The number of anilines is 1. The monoisotopic (exact) mass is 446 g/mol. The van der Waals surface area contributed by atoms with Crippen molar-refractivity contribution in [1.82, 2.24) is 24.1 Å². The molecule has 2 aromatic rings. The Kier molecular flexibility index (Phi) is 5.63. The zero-order valence-corrected chi connectivity index (χ0v) is 19.6. The molecule has 0 saturated carbocycles. The first-order valence-corrected chi connectivity index (χ1v) is 12.2. The molecule has 0 spiro atoms. The summed E-state index contributed by atoms with van der Waals surface area (Å²) in [5, 5.41) is 4.41. The van der Waals surface area contributed by atoms with Gasteiger partial charge in [0, 0.05) is 44.0 Å². The van der Waals surface area contributed by atoms with E-state index in [1.54, 1.807) is 29.7 Å². The molecular weight excluding hydrogens is 416 g/mol. The van der Waals surface area contributed by atoms with Crippen LogP contribution < -0.4 is 4.90 Å². The van der Waals surface area contributed by atoms with Crippen LogP contribution in [-0.2, 0) is 27.8 Å². The van der Waals surface area contributed by atoms with Crippen molar-refractivity contribution in [3.05, 3.63) is 29.0 Å². The van der Waals surface area contributed by atoms with Gasteiger partial charge in [0.1, 0.15) is 16.5 Å². The van der Waals surface area contributed by atoms with Crippen LogP contribution in [-0.4, -0.2) is 52.0 Å². The second-order valence-corrected chi connectivity index (χ2v) is 10.7. The molecule has 4 rings (SSSR count). The van der Waals surface area contributed by atoms with E-state index >= 15 is 0 Å². The third-order valence-electron chi connectivity index (χ3n) is 6.03. The molecule has 1 saturated heterocycles. The Morgan fingerprint density at radius 3 is 2.61 bits per heavy atom. The lowest BCUT2D eigenvalue weighted by Crippen LogP contribution is -2.35. The number of nitrogens with zero attached hydrogens (tertiary/aromatic N) is 6. The standard InChI is InChI=1S/C21H30N6O3S/c1-13(2)11-26-12-18(15(4)24-26)31(29,30)27-10-6-7-17(27)20-22-14(3)16-8-9-19(28)25(5)21(16)23-20/h12-13,17H,6-11H2,1-5H3. The van der Waals surface area contributed by atoms with E-state index in [1.165, 1.54) is 4.31 Å². The summed E-state index contributed by atoms with van der Waals surface area (Å²) in [7, 11) is -2.04. The summed E-state index contributed by atoms with van der Waals surface area (Å²) in [5.41, 5.74) is 2.27. The van der Waals surface area contributed by atoms with Crippen molar-refractivity contribution in [2.24, 2.45) is 5.92 Å². The Morgan fingerprint density at radius 1 is 1.16 bits per heavy atom. The van der Waals surface area contributed by atoms with E-state index < -0.39 is 16.1 Å². The Hall–Kier alpha value is -2.33. The normalized spacial score (nSPS) is 20.0. The summed E-state index contributed by atoms with van der Waals surface area (Å²) in [4.78, 5) is 23.3. The molecule has 9 nitrogen and oxygen atoms in total. The number of aryl methyl sites for hydroxylation is 2. The van der Waals surface area contributed by atoms with Crippen molar-refractivity contribution < 1.29 is 13.2 Å². The summed E-state index contributed by atoms with van der Waals surface area (Å²) in [6.45, 7) is 8.85. The van der Waals surface area contributed by atoms with Gasteiger partial charge in [0.15, 0.2) is 0 Å². The summed E-state index contributed by atoms with van der Waals surface area (Å²) in [5.74, 6) is 1.44. The SMILES string of the molecule is Cc1nn(CC(C)C)cc1S(=O)(=O)N1CCCC1c1nc(C)c2c(n1)N(C)C(=O)CC2. The van der Waals surface area contributed by atoms with E-state index in [0.29, 0.717) is 55.6 Å². The number of carbonyl (C=O) groups is 1. The molecule has 1 unspecified atom stereocenters. The lowest BCUT2D eigenvalue weighted by molar-refractivity contribution is -0.118. The highest BCUT2D eigenvalue weighted by Crippen LogP contribution is 2.37. The molecule has 10 heteroatoms. The zero-order valence-electron chi connectivity index (χ0n) is 18.8. The number of fused-ring (bicyclic) bond motifs is 1. The lowest BCUT2D eigenvalue weighted by atomic mass is 10.0. The highest BCUT2D eigenvalue weighted by molar-refractivity contribution is 7.89. The van der Waals surface area contributed by atoms with E-state index in [-0.39, 0.29) is 10.8 Å². The molecule has 2 aromatic heterocycles. The molecule has 31 heavy (non-hydrogen) atoms. The van der Waals surface area contributed by atoms with Gasteiger partial charge in [-0.25, -0.2) is 18.4 Å². The van der Waals surface area contributed by atoms with Gasteiger partial charge in [0.2, 0.25) is 15.9 Å². The first-order valence-electron chi connectivity index (χ1n) is 10.8. The van der Waals surface area contributed by atoms with Crippen LogP contribution >= 0.6 is 0 Å². The molecule has 0 radical (unpaired) electrons. The van der Waals surface area contributed by atoms with Gasteiger partial charge in [-0.3, -0.25) is 14.4 Å². The Morgan fingerprint density at radius 2 is 1.90 bits per heavy atom. The van der Waals surface area contributed by atoms with Gasteiger partial charge in [0.25, 0.3) is 0 Å². The van der Waals surface area contributed by atoms with E-state index in [2.05, 4.69) is 28.9 Å². The average molecular weight is 447 g/mol. The van der Waals surface area contributed by atoms with Gasteiger partial charge in [-0.2, -0.15) is 9.40 Å². The first kappa shape index (κ1) is 21.9. The predicted octanol–water partition coefficient (Wildman–Crippen LogP) is 2.38. The fourth-order valence-corrected chi connectivity index (χ4v) is 6.30. The number of aromatic nitrogens is 4. The molecular formula is C21H30N6O3S. The second kappa shape index (κ2) is 7.98. The van der Waals surface area contributed by atoms with E-state index in [0.717, 1.165) is 17.7 Å². The largest absolute Gasteiger partial charge is 0.300 e. The second-order valence-electron chi connectivity index (χ2n) is 8.89. The molecule has 1 amide bonds. The summed E-state index contributed by atoms with van der Waals surface area (Å²) < 4.78 is 30.4. The molecule has 168 valence electrons. The molecule has 0 aromatic carbocycles. The average Bonchev–Trinajstić information content (AvgIpc) is 3.32. The minimum Gasteiger partial charge on any atom is -0.300 e. The number of rotatable bonds is 5. The molecule has 1 fully saturated rings. The van der Waals surface area contributed by atoms with Gasteiger partial charge < -0.3 is 0 Å². The Labute approximate surface area is 183 Å². The maximum absolute atomic E-state index is 13.6. The van der Waals surface area contributed by atoms with Gasteiger partial charge >= 0.3 is 0 Å². The fraction of sp³-hybridized carbons (Fsp3) is 0.619. The number of sulfonamides is 1. The van der Waals surface area contributed by atoms with E-state index in [9.17, 15) is 13.2 Å². The smallest absolute Gasteiger partial charge is 0.247 e. The quantitative estimate of drug-likeness (QED) is 0.699. The topological polar surface area (TPSA) is 101 Å². The number of hydrogen-bond donors (Lipinski definition) is 0. The van der Waals surface area contributed by atoms with Crippen LogP contribution in [0, 0.1) is 19.8 Å². The van der Waals surface area contributed by atoms with Crippen LogP contribution in [0.5, 0.6) is 0 Å². The maximum Gasteiger partial charge on any atom is 0.247 e. The number of hydrogen-bond acceptors (Lipinski definition) is 6. The van der Waals surface area contributed by atoms with Gasteiger partial charge in [-0.05, 0) is 39.0 Å². The summed E-state index contributed by atoms with van der Waals surface area (Å²) >= 11 is 0. The number of amides is 1. The zero-order chi connectivity index (χ0) is 22.5. The van der Waals surface area contributed by atoms with E-state index in [4.69, 9.17) is 0 Å². The predicted molar refractivity (Wildman–Crippen MR) is 116 cm³/mol. The Balaban J connectivity index is 1.71. The highest BCUT2D eigenvalue weighted by atomic mass is 32.2. The van der Waals surface area contributed by atoms with Crippen molar-refractivity contribution in [3.8, 4) is 0 Å². The van der Waals surface area contributed by atoms with Crippen molar-refractivity contribution in [2.75, 3.05) is 18.5 Å². The van der Waals surface area contributed by atoms with Crippen molar-refractivity contribution in [3.63, 3.8) is 0 Å². The van der Waals surface area contributed by atoms with Gasteiger partial charge in [0.05, 0.1) is 11.7 Å². The minimum absolute atomic E-state index is 0.0145. The first-order chi connectivity index (χ1) is 14.6. The van der Waals surface area contributed by atoms with Crippen molar-refractivity contribution in [2.45, 2.75) is 70.9 Å². The highest BCUT2D eigenvalue weighted by Gasteiger charge is 2.40. The third-order valence-corrected chi connectivity index (χ3v) is 8.04. The van der Waals surface area contributed by atoms with Crippen LogP contribution in [0.3, 0.4) is 0 Å². The third kappa shape index (κ3) is 3.87. The fourth-order valence-electron chi connectivity index (χ4n) is 4.47. The van der Waals surface area contributed by atoms with E-state index in [1.807, 2.05) is 6.92 Å². The van der Waals surface area contributed by atoms with Crippen LogP contribution in [0.1, 0.15) is 61.9 Å². The van der Waals surface area contributed by atoms with Crippen LogP contribution in [0.4, 0.5) is 5.82 Å². The van der Waals surface area contributed by atoms with Crippen LogP contribution in [0.15, 0.2) is 11.1 Å². The van der Waals surface area contributed by atoms with Crippen molar-refractivity contribution in [1.29, 1.82) is 0 Å². The molecule has 2 aliphatic rings. The maximum atomic E-state index is 13.6. The molecule has 0 bridgehead atoms. The van der Waals surface area contributed by atoms with Gasteiger partial charge in [-0.1, -0.05) is 13.8 Å². The molecule has 1 atom stereocenters. The number of carbonyl (C=O) groups excluding carboxylic acids is 1. The van der Waals surface area contributed by atoms with Gasteiger partial charge in [-0.15, -0.1) is 0 Å². The summed E-state index contributed by atoms with van der Waals surface area (Å²) in [6.07, 6.45) is 4.07. The molecule has 0 aliphatic carbocycles. The minimum atomic E-state index is -3.75.